The molecular formula is C16H12Cl2O4. The summed E-state index contributed by atoms with van der Waals surface area (Å²) >= 11 is 11.7. The molecule has 0 spiro atoms. The van der Waals surface area contributed by atoms with E-state index >= 15 is 0 Å². The summed E-state index contributed by atoms with van der Waals surface area (Å²) in [5, 5.41) is 20.3. The molecule has 0 aliphatic carbocycles. The fraction of sp³-hybridized carbons (Fsp3) is 0.0625. The molecule has 0 saturated carbocycles. The van der Waals surface area contributed by atoms with Crippen molar-refractivity contribution in [2.75, 3.05) is 7.11 Å². The third-order valence-corrected chi connectivity index (χ3v) is 3.44. The zero-order chi connectivity index (χ0) is 16.3. The second kappa shape index (κ2) is 6.73. The van der Waals surface area contributed by atoms with Crippen molar-refractivity contribution in [2.24, 2.45) is 0 Å². The van der Waals surface area contributed by atoms with Gasteiger partial charge in [0.1, 0.15) is 0 Å². The Hall–Kier alpha value is -2.17. The number of aromatic hydroxyl groups is 1. The third-order valence-electron chi connectivity index (χ3n) is 2.97. The number of carboxylic acids is 1. The summed E-state index contributed by atoms with van der Waals surface area (Å²) in [5.74, 6) is -1.15. The van der Waals surface area contributed by atoms with Crippen LogP contribution in [0.25, 0.3) is 11.6 Å². The third kappa shape index (κ3) is 3.53. The number of benzene rings is 2. The first-order chi connectivity index (χ1) is 10.4. The zero-order valence-corrected chi connectivity index (χ0v) is 13.0. The number of carbonyl (C=O) groups is 1. The second-order valence-corrected chi connectivity index (χ2v) is 5.29. The molecule has 0 saturated heterocycles. The summed E-state index contributed by atoms with van der Waals surface area (Å²) in [7, 11) is 1.39. The molecule has 0 unspecified atom stereocenters. The summed E-state index contributed by atoms with van der Waals surface area (Å²) in [5.41, 5.74) is 0.697. The van der Waals surface area contributed by atoms with Crippen molar-refractivity contribution in [3.8, 4) is 11.5 Å². The van der Waals surface area contributed by atoms with Crippen LogP contribution in [0.1, 0.15) is 11.1 Å². The maximum absolute atomic E-state index is 11.5. The van der Waals surface area contributed by atoms with Crippen LogP contribution in [0.2, 0.25) is 10.0 Å². The van der Waals surface area contributed by atoms with Crippen molar-refractivity contribution in [3.05, 3.63) is 57.6 Å². The topological polar surface area (TPSA) is 66.8 Å². The van der Waals surface area contributed by atoms with E-state index in [1.54, 1.807) is 24.3 Å². The number of halogens is 2. The summed E-state index contributed by atoms with van der Waals surface area (Å²) in [6, 6.07) is 9.25. The standard InChI is InChI=1S/C16H12Cl2O4/c1-22-14-8-12(18)6-10(15(14)19)7-13(16(20)21)9-2-4-11(17)5-3-9/h2-8,19H,1H3,(H,20,21)/b13-7-. The first kappa shape index (κ1) is 16.2. The average Bonchev–Trinajstić information content (AvgIpc) is 2.48. The minimum atomic E-state index is -1.14. The van der Waals surface area contributed by atoms with Crippen molar-refractivity contribution >= 4 is 40.8 Å². The van der Waals surface area contributed by atoms with Crippen molar-refractivity contribution < 1.29 is 19.7 Å². The lowest BCUT2D eigenvalue weighted by Gasteiger charge is -2.09. The van der Waals surface area contributed by atoms with Crippen molar-refractivity contribution in [3.63, 3.8) is 0 Å². The predicted octanol–water partition coefficient (Wildman–Crippen LogP) is 4.33. The molecule has 0 radical (unpaired) electrons. The van der Waals surface area contributed by atoms with Crippen molar-refractivity contribution in [2.45, 2.75) is 0 Å². The largest absolute Gasteiger partial charge is 0.504 e. The first-order valence-corrected chi connectivity index (χ1v) is 6.95. The van der Waals surface area contributed by atoms with Crippen LogP contribution in [0, 0.1) is 0 Å². The van der Waals surface area contributed by atoms with E-state index in [1.807, 2.05) is 0 Å². The Kier molecular flexibility index (Phi) is 4.96. The van der Waals surface area contributed by atoms with Gasteiger partial charge in [0, 0.05) is 21.7 Å². The number of methoxy groups -OCH3 is 1. The maximum Gasteiger partial charge on any atom is 0.336 e. The van der Waals surface area contributed by atoms with Crippen molar-refractivity contribution in [1.82, 2.24) is 0 Å². The van der Waals surface area contributed by atoms with Crippen LogP contribution >= 0.6 is 23.2 Å². The van der Waals surface area contributed by atoms with Gasteiger partial charge in [-0.05, 0) is 29.8 Å². The van der Waals surface area contributed by atoms with Crippen LogP contribution in [-0.2, 0) is 4.79 Å². The van der Waals surface area contributed by atoms with E-state index in [9.17, 15) is 15.0 Å². The van der Waals surface area contributed by atoms with Gasteiger partial charge in [-0.2, -0.15) is 0 Å². The first-order valence-electron chi connectivity index (χ1n) is 6.20. The summed E-state index contributed by atoms with van der Waals surface area (Å²) in [4.78, 5) is 11.5. The Labute approximate surface area is 137 Å². The average molecular weight is 339 g/mol. The molecule has 0 heterocycles. The molecule has 2 N–H and O–H groups in total. The van der Waals surface area contributed by atoms with Crippen LogP contribution in [0.5, 0.6) is 11.5 Å². The highest BCUT2D eigenvalue weighted by Gasteiger charge is 2.14. The molecule has 0 aliphatic rings. The predicted molar refractivity (Wildman–Crippen MR) is 86.6 cm³/mol. The molecule has 6 heteroatoms. The fourth-order valence-electron chi connectivity index (χ4n) is 1.91. The van der Waals surface area contributed by atoms with E-state index in [0.29, 0.717) is 15.6 Å². The van der Waals surface area contributed by atoms with Crippen LogP contribution in [-0.4, -0.2) is 23.3 Å². The summed E-state index contributed by atoms with van der Waals surface area (Å²) < 4.78 is 5.00. The monoisotopic (exact) mass is 338 g/mol. The van der Waals surface area contributed by atoms with Gasteiger partial charge in [-0.3, -0.25) is 0 Å². The molecule has 0 fully saturated rings. The van der Waals surface area contributed by atoms with Gasteiger partial charge in [0.2, 0.25) is 0 Å². The molecule has 2 aromatic carbocycles. The van der Waals surface area contributed by atoms with Gasteiger partial charge in [-0.15, -0.1) is 0 Å². The Balaban J connectivity index is 2.58. The van der Waals surface area contributed by atoms with Gasteiger partial charge in [0.25, 0.3) is 0 Å². The minimum Gasteiger partial charge on any atom is -0.504 e. The maximum atomic E-state index is 11.5. The molecular weight excluding hydrogens is 327 g/mol. The van der Waals surface area contributed by atoms with Crippen LogP contribution < -0.4 is 4.74 Å². The summed E-state index contributed by atoms with van der Waals surface area (Å²) in [6.45, 7) is 0. The molecule has 4 nitrogen and oxygen atoms in total. The lowest BCUT2D eigenvalue weighted by Crippen LogP contribution is -1.99. The minimum absolute atomic E-state index is 0.00344. The van der Waals surface area contributed by atoms with E-state index in [0.717, 1.165) is 0 Å². The number of carboxylic acid groups (broad SMARTS) is 1. The molecule has 0 amide bonds. The highest BCUT2D eigenvalue weighted by atomic mass is 35.5. The van der Waals surface area contributed by atoms with Gasteiger partial charge in [0.15, 0.2) is 11.5 Å². The number of phenols is 1. The van der Waals surface area contributed by atoms with E-state index in [2.05, 4.69) is 0 Å². The van der Waals surface area contributed by atoms with Crippen molar-refractivity contribution in [1.29, 1.82) is 0 Å². The Morgan fingerprint density at radius 2 is 1.77 bits per heavy atom. The number of aliphatic carboxylic acids is 1. The fourth-order valence-corrected chi connectivity index (χ4v) is 2.26. The molecule has 2 rings (SSSR count). The van der Waals surface area contributed by atoms with E-state index in [-0.39, 0.29) is 22.6 Å². The molecule has 0 atom stereocenters. The molecule has 0 aromatic heterocycles. The number of hydrogen-bond acceptors (Lipinski definition) is 3. The van der Waals surface area contributed by atoms with Gasteiger partial charge in [-0.1, -0.05) is 35.3 Å². The van der Waals surface area contributed by atoms with Gasteiger partial charge in [-0.25, -0.2) is 4.79 Å². The van der Waals surface area contributed by atoms with E-state index in [4.69, 9.17) is 27.9 Å². The van der Waals surface area contributed by atoms with Crippen LogP contribution in [0.4, 0.5) is 0 Å². The Morgan fingerprint density at radius 1 is 1.14 bits per heavy atom. The smallest absolute Gasteiger partial charge is 0.336 e. The molecule has 0 aliphatic heterocycles. The number of rotatable bonds is 4. The summed E-state index contributed by atoms with van der Waals surface area (Å²) in [6.07, 6.45) is 1.33. The van der Waals surface area contributed by atoms with Crippen LogP contribution in [0.3, 0.4) is 0 Å². The molecule has 22 heavy (non-hydrogen) atoms. The number of phenolic OH excluding ortho intramolecular Hbond substituents is 1. The molecule has 2 aromatic rings. The molecule has 0 bridgehead atoms. The van der Waals surface area contributed by atoms with E-state index < -0.39 is 5.97 Å². The zero-order valence-electron chi connectivity index (χ0n) is 11.5. The normalized spacial score (nSPS) is 11.3. The highest BCUT2D eigenvalue weighted by molar-refractivity contribution is 6.31. The van der Waals surface area contributed by atoms with E-state index in [1.165, 1.54) is 25.3 Å². The molecule has 114 valence electrons. The lowest BCUT2D eigenvalue weighted by atomic mass is 10.0. The highest BCUT2D eigenvalue weighted by Crippen LogP contribution is 2.35. The second-order valence-electron chi connectivity index (χ2n) is 4.42. The van der Waals surface area contributed by atoms with Crippen LogP contribution in [0.15, 0.2) is 36.4 Å². The van der Waals surface area contributed by atoms with Gasteiger partial charge >= 0.3 is 5.97 Å². The van der Waals surface area contributed by atoms with Gasteiger partial charge < -0.3 is 14.9 Å². The van der Waals surface area contributed by atoms with Gasteiger partial charge in [0.05, 0.1) is 12.7 Å². The SMILES string of the molecule is COc1cc(Cl)cc(/C=C(\C(=O)O)c2ccc(Cl)cc2)c1O. The number of ether oxygens (including phenoxy) is 1. The Morgan fingerprint density at radius 3 is 2.32 bits per heavy atom. The number of hydrogen-bond donors (Lipinski definition) is 2. The Bertz CT molecular complexity index is 737. The lowest BCUT2D eigenvalue weighted by molar-refractivity contribution is -0.130. The quantitative estimate of drug-likeness (QED) is 0.643.